The van der Waals surface area contributed by atoms with E-state index in [1.165, 1.54) is 58.3 Å². The topological polar surface area (TPSA) is 50.4 Å². The number of ether oxygens (including phenoxy) is 1. The van der Waals surface area contributed by atoms with Gasteiger partial charge < -0.3 is 15.4 Å². The summed E-state index contributed by atoms with van der Waals surface area (Å²) < 4.78 is 6.10. The molecule has 4 aliphatic rings. The highest BCUT2D eigenvalue weighted by molar-refractivity contribution is 8.14. The van der Waals surface area contributed by atoms with Crippen molar-refractivity contribution in [2.24, 2.45) is 0 Å². The summed E-state index contributed by atoms with van der Waals surface area (Å²) in [6.07, 6.45) is 7.82. The van der Waals surface area contributed by atoms with Crippen LogP contribution in [0, 0.1) is 0 Å². The number of nitrogens with one attached hydrogen (secondary N) is 2. The van der Waals surface area contributed by atoms with E-state index in [9.17, 15) is 4.79 Å². The van der Waals surface area contributed by atoms with Gasteiger partial charge in [0.05, 0.1) is 10.9 Å². The fourth-order valence-electron chi connectivity index (χ4n) is 5.17. The van der Waals surface area contributed by atoms with E-state index in [0.717, 1.165) is 37.9 Å². The second-order valence-electron chi connectivity index (χ2n) is 9.81. The van der Waals surface area contributed by atoms with Crippen LogP contribution in [0.25, 0.3) is 0 Å². The first kappa shape index (κ1) is 20.9. The average molecular weight is 459 g/mol. The molecule has 0 aromatic heterocycles. The van der Waals surface area contributed by atoms with Gasteiger partial charge in [0, 0.05) is 11.3 Å². The zero-order valence-electron chi connectivity index (χ0n) is 19.0. The highest BCUT2D eigenvalue weighted by Gasteiger charge is 2.44. The molecule has 33 heavy (non-hydrogen) atoms. The van der Waals surface area contributed by atoms with Gasteiger partial charge in [-0.2, -0.15) is 0 Å². The van der Waals surface area contributed by atoms with Gasteiger partial charge in [-0.3, -0.25) is 4.79 Å². The molecule has 2 heterocycles. The van der Waals surface area contributed by atoms with E-state index < -0.39 is 0 Å². The monoisotopic (exact) mass is 458 g/mol. The van der Waals surface area contributed by atoms with Crippen LogP contribution in [-0.4, -0.2) is 10.5 Å². The highest BCUT2D eigenvalue weighted by atomic mass is 32.2. The Bertz CT molecular complexity index is 1130. The lowest BCUT2D eigenvalue weighted by Gasteiger charge is -2.18. The van der Waals surface area contributed by atoms with Crippen molar-refractivity contribution in [3.63, 3.8) is 0 Å². The molecule has 2 aromatic carbocycles. The Balaban J connectivity index is 1.08. The normalized spacial score (nSPS) is 25.1. The van der Waals surface area contributed by atoms with E-state index >= 15 is 0 Å². The van der Waals surface area contributed by atoms with E-state index in [4.69, 9.17) is 4.74 Å². The molecule has 0 bridgehead atoms. The summed E-state index contributed by atoms with van der Waals surface area (Å²) in [4.78, 5) is 11.9. The van der Waals surface area contributed by atoms with Crippen molar-refractivity contribution in [2.75, 3.05) is 0 Å². The predicted octanol–water partition coefficient (Wildman–Crippen LogP) is 6.46. The number of allylic oxidation sites excluding steroid dienone is 3. The molecule has 0 spiro atoms. The van der Waals surface area contributed by atoms with E-state index in [1.54, 1.807) is 0 Å². The van der Waals surface area contributed by atoms with Crippen LogP contribution >= 0.6 is 11.8 Å². The summed E-state index contributed by atoms with van der Waals surface area (Å²) in [5, 5.41) is 7.04. The lowest BCUT2D eigenvalue weighted by molar-refractivity contribution is 0.130. The van der Waals surface area contributed by atoms with Gasteiger partial charge in [0.25, 0.3) is 5.24 Å². The van der Waals surface area contributed by atoms with Gasteiger partial charge in [0.15, 0.2) is 6.23 Å². The minimum absolute atomic E-state index is 0.0686. The van der Waals surface area contributed by atoms with Crippen LogP contribution in [-0.2, 0) is 16.6 Å². The number of carbonyl (C=O) groups excluding carboxylic acids is 1. The van der Waals surface area contributed by atoms with Crippen molar-refractivity contribution in [2.45, 2.75) is 68.8 Å². The first-order chi connectivity index (χ1) is 16.1. The van der Waals surface area contributed by atoms with Crippen molar-refractivity contribution >= 4 is 17.0 Å². The van der Waals surface area contributed by atoms with Gasteiger partial charge in [-0.05, 0) is 74.0 Å². The fraction of sp³-hybridized carbons (Fsp3) is 0.393. The highest BCUT2D eigenvalue weighted by Crippen LogP contribution is 2.52. The lowest BCUT2D eigenvalue weighted by atomic mass is 9.89. The van der Waals surface area contributed by atoms with Crippen LogP contribution in [0.4, 0.5) is 4.79 Å². The standard InChI is InChI=1S/C28H30N2O2S/c1-18-23(29-26(32-18)21-5-3-2-4-6-21)13-14-28(15-16-28)22-11-7-19(8-12-22)17-24-25(20-9-10-20)30-27(31)33-24/h2-8,11-12,24,26,29H,9-10,13-17H2,1H3,(H,30,31). The third-order valence-corrected chi connectivity index (χ3v) is 8.51. The van der Waals surface area contributed by atoms with E-state index in [2.05, 4.69) is 66.1 Å². The van der Waals surface area contributed by atoms with E-state index in [1.807, 2.05) is 6.07 Å². The zero-order valence-corrected chi connectivity index (χ0v) is 19.8. The minimum atomic E-state index is -0.0686. The summed E-state index contributed by atoms with van der Waals surface area (Å²) in [6.45, 7) is 2.07. The van der Waals surface area contributed by atoms with Crippen molar-refractivity contribution in [3.05, 3.63) is 94.0 Å². The van der Waals surface area contributed by atoms with Crippen LogP contribution in [0.2, 0.25) is 0 Å². The molecular weight excluding hydrogens is 428 g/mol. The Morgan fingerprint density at radius 1 is 1.06 bits per heavy atom. The molecule has 2 aromatic rings. The van der Waals surface area contributed by atoms with Crippen LogP contribution in [0.3, 0.4) is 0 Å². The van der Waals surface area contributed by atoms with Gasteiger partial charge in [0.2, 0.25) is 0 Å². The summed E-state index contributed by atoms with van der Waals surface area (Å²) in [5.41, 5.74) is 8.12. The summed E-state index contributed by atoms with van der Waals surface area (Å²) in [5.74, 6) is 1.02. The first-order valence-electron chi connectivity index (χ1n) is 12.1. The van der Waals surface area contributed by atoms with Crippen LogP contribution in [0.15, 0.2) is 77.3 Å². The molecule has 6 rings (SSSR count). The number of rotatable bonds is 7. The Labute approximate surface area is 199 Å². The molecule has 2 aliphatic carbocycles. The lowest BCUT2D eigenvalue weighted by Crippen LogP contribution is -2.17. The third kappa shape index (κ3) is 4.31. The Kier molecular flexibility index (Phi) is 5.25. The molecule has 3 fully saturated rings. The van der Waals surface area contributed by atoms with Crippen LogP contribution in [0.5, 0.6) is 0 Å². The van der Waals surface area contributed by atoms with Crippen LogP contribution < -0.4 is 10.6 Å². The quantitative estimate of drug-likeness (QED) is 0.500. The largest absolute Gasteiger partial charge is 0.469 e. The van der Waals surface area contributed by atoms with Gasteiger partial charge in [-0.1, -0.05) is 66.4 Å². The number of carbonyl (C=O) groups is 1. The van der Waals surface area contributed by atoms with Crippen molar-refractivity contribution in [1.82, 2.24) is 10.6 Å². The third-order valence-electron chi connectivity index (χ3n) is 7.51. The van der Waals surface area contributed by atoms with Gasteiger partial charge in [0.1, 0.15) is 5.76 Å². The number of amides is 1. The Hall–Kier alpha value is -2.66. The molecule has 0 radical (unpaired) electrons. The molecule has 4 nitrogen and oxygen atoms in total. The second kappa shape index (κ2) is 8.28. The smallest absolute Gasteiger partial charge is 0.283 e. The molecule has 2 saturated carbocycles. The predicted molar refractivity (Wildman–Crippen MR) is 133 cm³/mol. The number of benzene rings is 2. The van der Waals surface area contributed by atoms with Gasteiger partial charge >= 0.3 is 0 Å². The Morgan fingerprint density at radius 3 is 2.52 bits per heavy atom. The zero-order chi connectivity index (χ0) is 22.4. The molecule has 2 aliphatic heterocycles. The molecule has 5 heteroatoms. The SMILES string of the molecule is CC1=C(CCC2(c3ccc(CC4SC(=O)NC4=C4CC4)cc3)CC2)NC(c2ccccc2)O1. The number of hydrogen-bond donors (Lipinski definition) is 2. The van der Waals surface area contributed by atoms with Crippen molar-refractivity contribution < 1.29 is 9.53 Å². The maximum atomic E-state index is 11.9. The van der Waals surface area contributed by atoms with Gasteiger partial charge in [-0.15, -0.1) is 0 Å². The second-order valence-corrected chi connectivity index (χ2v) is 11.0. The Morgan fingerprint density at radius 2 is 1.82 bits per heavy atom. The maximum absolute atomic E-state index is 11.9. The molecule has 2 atom stereocenters. The molecule has 2 unspecified atom stereocenters. The van der Waals surface area contributed by atoms with Crippen molar-refractivity contribution in [3.8, 4) is 0 Å². The molecule has 170 valence electrons. The van der Waals surface area contributed by atoms with Crippen LogP contribution in [0.1, 0.15) is 68.4 Å². The van der Waals surface area contributed by atoms with E-state index in [-0.39, 0.29) is 16.7 Å². The summed E-state index contributed by atoms with van der Waals surface area (Å²) in [6, 6.07) is 19.6. The number of thioether (sulfide) groups is 1. The minimum Gasteiger partial charge on any atom is -0.469 e. The average Bonchev–Trinajstić information content (AvgIpc) is 3.75. The first-order valence-corrected chi connectivity index (χ1v) is 12.9. The molecular formula is C28H30N2O2S. The molecule has 2 N–H and O–H groups in total. The maximum Gasteiger partial charge on any atom is 0.283 e. The molecule has 1 amide bonds. The number of hydrogen-bond acceptors (Lipinski definition) is 4. The fourth-order valence-corrected chi connectivity index (χ4v) is 6.22. The van der Waals surface area contributed by atoms with Gasteiger partial charge in [-0.25, -0.2) is 0 Å². The van der Waals surface area contributed by atoms with Crippen molar-refractivity contribution in [1.29, 1.82) is 0 Å². The summed E-state index contributed by atoms with van der Waals surface area (Å²) >= 11 is 1.45. The van der Waals surface area contributed by atoms with E-state index in [0.29, 0.717) is 5.41 Å². The molecule has 1 saturated heterocycles. The summed E-state index contributed by atoms with van der Waals surface area (Å²) in [7, 11) is 0.